The van der Waals surface area contributed by atoms with Gasteiger partial charge < -0.3 is 9.31 Å². The first-order chi connectivity index (χ1) is 8.89. The summed E-state index contributed by atoms with van der Waals surface area (Å²) in [5, 5.41) is 10.4. The number of hydrogen-bond acceptors (Lipinski definition) is 6. The lowest BCUT2D eigenvalue weighted by Gasteiger charge is -2.32. The Hall–Kier alpha value is -1.25. The molecular formula is C11H15BN4O2S. The van der Waals surface area contributed by atoms with Gasteiger partial charge in [0, 0.05) is 5.38 Å². The normalized spacial score (nSPS) is 20.9. The molecule has 0 saturated carbocycles. The summed E-state index contributed by atoms with van der Waals surface area (Å²) in [6.45, 7) is 8.05. The maximum Gasteiger partial charge on any atom is 0.518 e. The predicted octanol–water partition coefficient (Wildman–Crippen LogP) is 1.02. The fourth-order valence-corrected chi connectivity index (χ4v) is 2.27. The molecule has 3 rings (SSSR count). The fraction of sp³-hybridized carbons (Fsp3) is 0.545. The molecule has 8 heteroatoms. The zero-order chi connectivity index (χ0) is 13.7. The number of rotatable bonds is 2. The van der Waals surface area contributed by atoms with Gasteiger partial charge in [0.2, 0.25) is 0 Å². The van der Waals surface area contributed by atoms with Gasteiger partial charge in [-0.2, -0.15) is 10.2 Å². The molecule has 0 bridgehead atoms. The van der Waals surface area contributed by atoms with Crippen LogP contribution >= 0.6 is 11.3 Å². The Labute approximate surface area is 115 Å². The van der Waals surface area contributed by atoms with Gasteiger partial charge in [0.15, 0.2) is 5.82 Å². The quantitative estimate of drug-likeness (QED) is 0.768. The molecule has 2 aromatic rings. The SMILES string of the molecule is CC1(C)OB(c2cnn(-c3cscn3)n2)OC1(C)C. The van der Waals surface area contributed by atoms with Crippen LogP contribution in [0, 0.1) is 0 Å². The van der Waals surface area contributed by atoms with Crippen LogP contribution in [0.5, 0.6) is 0 Å². The highest BCUT2D eigenvalue weighted by Gasteiger charge is 2.52. The molecule has 2 aromatic heterocycles. The largest absolute Gasteiger partial charge is 0.518 e. The molecule has 6 nitrogen and oxygen atoms in total. The summed E-state index contributed by atoms with van der Waals surface area (Å²) in [5.41, 5.74) is 1.66. The highest BCUT2D eigenvalue weighted by Crippen LogP contribution is 2.36. The van der Waals surface area contributed by atoms with Gasteiger partial charge in [0.1, 0.15) is 5.59 Å². The Bertz CT molecular complexity index is 565. The summed E-state index contributed by atoms with van der Waals surface area (Å²) in [4.78, 5) is 5.64. The molecule has 0 aromatic carbocycles. The van der Waals surface area contributed by atoms with Crippen LogP contribution in [0.2, 0.25) is 0 Å². The molecule has 0 N–H and O–H groups in total. The number of nitrogens with zero attached hydrogens (tertiary/aromatic N) is 4. The molecule has 3 heterocycles. The highest BCUT2D eigenvalue weighted by atomic mass is 32.1. The van der Waals surface area contributed by atoms with E-state index in [4.69, 9.17) is 9.31 Å². The van der Waals surface area contributed by atoms with E-state index in [9.17, 15) is 0 Å². The Morgan fingerprint density at radius 1 is 1.21 bits per heavy atom. The van der Waals surface area contributed by atoms with Gasteiger partial charge in [0.05, 0.1) is 22.9 Å². The molecule has 1 saturated heterocycles. The third-order valence-electron chi connectivity index (χ3n) is 3.63. The summed E-state index contributed by atoms with van der Waals surface area (Å²) in [5.74, 6) is 0.702. The topological polar surface area (TPSA) is 62.1 Å². The lowest BCUT2D eigenvalue weighted by molar-refractivity contribution is 0.00578. The Morgan fingerprint density at radius 2 is 1.89 bits per heavy atom. The molecule has 1 fully saturated rings. The first-order valence-electron chi connectivity index (χ1n) is 6.05. The maximum atomic E-state index is 5.92. The zero-order valence-corrected chi connectivity index (χ0v) is 12.1. The van der Waals surface area contributed by atoms with Gasteiger partial charge in [-0.1, -0.05) is 0 Å². The third kappa shape index (κ3) is 2.09. The minimum Gasteiger partial charge on any atom is -0.398 e. The van der Waals surface area contributed by atoms with Crippen LogP contribution in [-0.4, -0.2) is 38.3 Å². The summed E-state index contributed by atoms with van der Waals surface area (Å²) < 4.78 is 11.8. The average Bonchev–Trinajstić information content (AvgIpc) is 3.00. The van der Waals surface area contributed by atoms with Crippen molar-refractivity contribution in [1.29, 1.82) is 0 Å². The van der Waals surface area contributed by atoms with E-state index in [2.05, 4.69) is 15.2 Å². The summed E-state index contributed by atoms with van der Waals surface area (Å²) in [6, 6.07) is 0. The fourth-order valence-electron chi connectivity index (χ4n) is 1.76. The standard InChI is InChI=1S/C11H15BN4O2S/c1-10(2)11(3,4)18-12(17-10)8-5-14-16(15-8)9-6-19-7-13-9/h5-7H,1-4H3. The first kappa shape index (κ1) is 12.8. The minimum absolute atomic E-state index is 0.373. The number of thiazole rings is 1. The van der Waals surface area contributed by atoms with E-state index < -0.39 is 7.12 Å². The van der Waals surface area contributed by atoms with E-state index in [0.29, 0.717) is 11.4 Å². The molecule has 0 aliphatic carbocycles. The van der Waals surface area contributed by atoms with Crippen LogP contribution in [-0.2, 0) is 9.31 Å². The van der Waals surface area contributed by atoms with Gasteiger partial charge in [-0.15, -0.1) is 16.1 Å². The van der Waals surface area contributed by atoms with Gasteiger partial charge in [0.25, 0.3) is 0 Å². The van der Waals surface area contributed by atoms with Crippen LogP contribution in [0.1, 0.15) is 27.7 Å². The average molecular weight is 278 g/mol. The zero-order valence-electron chi connectivity index (χ0n) is 11.3. The predicted molar refractivity (Wildman–Crippen MR) is 72.7 cm³/mol. The molecule has 0 atom stereocenters. The van der Waals surface area contributed by atoms with Gasteiger partial charge in [-0.25, -0.2) is 4.98 Å². The minimum atomic E-state index is -0.489. The van der Waals surface area contributed by atoms with E-state index in [1.165, 1.54) is 16.1 Å². The van der Waals surface area contributed by atoms with Crippen LogP contribution in [0.3, 0.4) is 0 Å². The molecule has 0 amide bonds. The summed E-state index contributed by atoms with van der Waals surface area (Å²) >= 11 is 1.50. The lowest BCUT2D eigenvalue weighted by Crippen LogP contribution is -2.41. The van der Waals surface area contributed by atoms with Crippen molar-refractivity contribution in [2.75, 3.05) is 0 Å². The molecule has 100 valence electrons. The molecule has 0 radical (unpaired) electrons. The van der Waals surface area contributed by atoms with Crippen molar-refractivity contribution in [3.05, 3.63) is 17.1 Å². The summed E-state index contributed by atoms with van der Waals surface area (Å²) in [7, 11) is -0.489. The van der Waals surface area contributed by atoms with E-state index >= 15 is 0 Å². The van der Waals surface area contributed by atoms with Crippen molar-refractivity contribution >= 4 is 24.0 Å². The monoisotopic (exact) mass is 278 g/mol. The van der Waals surface area contributed by atoms with Crippen molar-refractivity contribution in [3.63, 3.8) is 0 Å². The number of aromatic nitrogens is 4. The van der Waals surface area contributed by atoms with Gasteiger partial charge >= 0.3 is 7.12 Å². The lowest BCUT2D eigenvalue weighted by atomic mass is 9.86. The van der Waals surface area contributed by atoms with Crippen LogP contribution in [0.25, 0.3) is 5.82 Å². The van der Waals surface area contributed by atoms with Crippen molar-refractivity contribution in [2.24, 2.45) is 0 Å². The molecule has 1 aliphatic heterocycles. The van der Waals surface area contributed by atoms with E-state index in [1.54, 1.807) is 11.7 Å². The van der Waals surface area contributed by atoms with Gasteiger partial charge in [-0.05, 0) is 27.7 Å². The van der Waals surface area contributed by atoms with Crippen LogP contribution < -0.4 is 5.59 Å². The maximum absolute atomic E-state index is 5.92. The smallest absolute Gasteiger partial charge is 0.398 e. The molecular weight excluding hydrogens is 263 g/mol. The molecule has 0 spiro atoms. The Morgan fingerprint density at radius 3 is 2.47 bits per heavy atom. The van der Waals surface area contributed by atoms with Gasteiger partial charge in [-0.3, -0.25) is 0 Å². The van der Waals surface area contributed by atoms with E-state index in [0.717, 1.165) is 0 Å². The second kappa shape index (κ2) is 4.12. The van der Waals surface area contributed by atoms with Crippen LogP contribution in [0.15, 0.2) is 17.1 Å². The Kier molecular flexibility index (Phi) is 2.77. The molecule has 1 aliphatic rings. The number of hydrogen-bond donors (Lipinski definition) is 0. The molecule has 0 unspecified atom stereocenters. The van der Waals surface area contributed by atoms with E-state index in [1.807, 2.05) is 33.1 Å². The van der Waals surface area contributed by atoms with Crippen molar-refractivity contribution in [1.82, 2.24) is 20.0 Å². The highest BCUT2D eigenvalue weighted by molar-refractivity contribution is 7.07. The van der Waals surface area contributed by atoms with Crippen molar-refractivity contribution in [3.8, 4) is 5.82 Å². The van der Waals surface area contributed by atoms with Crippen LogP contribution in [0.4, 0.5) is 0 Å². The van der Waals surface area contributed by atoms with Crippen molar-refractivity contribution in [2.45, 2.75) is 38.9 Å². The second-order valence-corrected chi connectivity index (χ2v) is 6.21. The second-order valence-electron chi connectivity index (χ2n) is 5.49. The molecule has 19 heavy (non-hydrogen) atoms. The third-order valence-corrected chi connectivity index (χ3v) is 4.20. The van der Waals surface area contributed by atoms with Crippen molar-refractivity contribution < 1.29 is 9.31 Å². The summed E-state index contributed by atoms with van der Waals surface area (Å²) in [6.07, 6.45) is 1.65. The van der Waals surface area contributed by atoms with E-state index in [-0.39, 0.29) is 11.2 Å². The first-order valence-corrected chi connectivity index (χ1v) is 7.00. The Balaban J connectivity index is 1.85.